The number of methoxy groups -OCH3 is 1. The van der Waals surface area contributed by atoms with Crippen molar-refractivity contribution < 1.29 is 9.53 Å². The number of carbonyl (C=O) groups is 1. The molecule has 1 N–H and O–H groups in total. The summed E-state index contributed by atoms with van der Waals surface area (Å²) >= 11 is 0. The lowest BCUT2D eigenvalue weighted by molar-refractivity contribution is -0.119. The molecule has 1 saturated carbocycles. The van der Waals surface area contributed by atoms with Crippen LogP contribution in [-0.2, 0) is 4.79 Å². The molecular formula is C15H19NO2. The van der Waals surface area contributed by atoms with Gasteiger partial charge in [0, 0.05) is 29.4 Å². The van der Waals surface area contributed by atoms with Gasteiger partial charge in [-0.1, -0.05) is 13.0 Å². The average molecular weight is 245 g/mol. The van der Waals surface area contributed by atoms with E-state index in [1.165, 1.54) is 0 Å². The van der Waals surface area contributed by atoms with Crippen LogP contribution in [0.25, 0.3) is 0 Å². The van der Waals surface area contributed by atoms with Crippen molar-refractivity contribution in [2.45, 2.75) is 26.2 Å². The maximum Gasteiger partial charge on any atom is 0.163 e. The van der Waals surface area contributed by atoms with E-state index >= 15 is 0 Å². The summed E-state index contributed by atoms with van der Waals surface area (Å²) < 4.78 is 5.16. The lowest BCUT2D eigenvalue weighted by atomic mass is 9.86. The van der Waals surface area contributed by atoms with Gasteiger partial charge >= 0.3 is 0 Å². The molecule has 1 atom stereocenters. The molecule has 0 spiro atoms. The summed E-state index contributed by atoms with van der Waals surface area (Å²) in [6.45, 7) is 2.00. The van der Waals surface area contributed by atoms with E-state index in [4.69, 9.17) is 4.74 Å². The smallest absolute Gasteiger partial charge is 0.163 e. The van der Waals surface area contributed by atoms with Crippen LogP contribution in [0.4, 0.5) is 5.69 Å². The van der Waals surface area contributed by atoms with Crippen molar-refractivity contribution in [2.24, 2.45) is 5.92 Å². The standard InChI is InChI=1S/C15H19NO2/c1-11-5-3-6-12(15(11)17)10-16-13-7-4-8-14(9-13)18-2/h4,7-11,16H,3,5-6H2,1-2H3/b12-10+/t11-/m1/s1. The monoisotopic (exact) mass is 245 g/mol. The fraction of sp³-hybridized carbons (Fsp3) is 0.400. The molecule has 0 unspecified atom stereocenters. The van der Waals surface area contributed by atoms with Gasteiger partial charge in [-0.2, -0.15) is 0 Å². The summed E-state index contributed by atoms with van der Waals surface area (Å²) in [5, 5.41) is 3.18. The Balaban J connectivity index is 2.07. The molecule has 0 aromatic heterocycles. The number of Topliss-reactive ketones (excluding diaryl/α,β-unsaturated/α-hetero) is 1. The molecule has 1 aromatic carbocycles. The molecule has 1 aliphatic rings. The summed E-state index contributed by atoms with van der Waals surface area (Å²) in [6.07, 6.45) is 4.82. The van der Waals surface area contributed by atoms with Crippen LogP contribution in [0.15, 0.2) is 36.0 Å². The van der Waals surface area contributed by atoms with Crippen LogP contribution in [0, 0.1) is 5.92 Å². The third-order valence-electron chi connectivity index (χ3n) is 3.33. The first kappa shape index (κ1) is 12.7. The van der Waals surface area contributed by atoms with Gasteiger partial charge in [0.2, 0.25) is 0 Å². The largest absolute Gasteiger partial charge is 0.497 e. The number of ether oxygens (including phenoxy) is 1. The number of rotatable bonds is 3. The van der Waals surface area contributed by atoms with Gasteiger partial charge in [-0.25, -0.2) is 0 Å². The van der Waals surface area contributed by atoms with E-state index < -0.39 is 0 Å². The third-order valence-corrected chi connectivity index (χ3v) is 3.33. The second-order valence-corrected chi connectivity index (χ2v) is 4.70. The third kappa shape index (κ3) is 2.92. The Bertz CT molecular complexity index is 465. The molecule has 1 fully saturated rings. The highest BCUT2D eigenvalue weighted by Crippen LogP contribution is 2.25. The predicted octanol–water partition coefficient (Wildman–Crippen LogP) is 3.38. The number of benzene rings is 1. The Labute approximate surface area is 108 Å². The molecule has 18 heavy (non-hydrogen) atoms. The molecule has 0 heterocycles. The molecule has 3 heteroatoms. The fourth-order valence-corrected chi connectivity index (χ4v) is 2.20. The number of allylic oxidation sites excluding steroid dienone is 1. The summed E-state index contributed by atoms with van der Waals surface area (Å²) in [5.74, 6) is 1.25. The summed E-state index contributed by atoms with van der Waals surface area (Å²) in [6, 6.07) is 7.68. The van der Waals surface area contributed by atoms with Crippen LogP contribution in [-0.4, -0.2) is 12.9 Å². The second kappa shape index (κ2) is 5.71. The number of hydrogen-bond donors (Lipinski definition) is 1. The van der Waals surface area contributed by atoms with Crippen molar-refractivity contribution in [2.75, 3.05) is 12.4 Å². The Morgan fingerprint density at radius 1 is 1.44 bits per heavy atom. The number of nitrogens with one attached hydrogen (secondary N) is 1. The highest BCUT2D eigenvalue weighted by molar-refractivity contribution is 5.97. The van der Waals surface area contributed by atoms with Crippen LogP contribution in [0.1, 0.15) is 26.2 Å². The fourth-order valence-electron chi connectivity index (χ4n) is 2.20. The van der Waals surface area contributed by atoms with Gasteiger partial charge in [-0.3, -0.25) is 4.79 Å². The number of anilines is 1. The van der Waals surface area contributed by atoms with E-state index in [1.807, 2.05) is 37.4 Å². The molecule has 1 aliphatic carbocycles. The van der Waals surface area contributed by atoms with Crippen molar-refractivity contribution in [3.63, 3.8) is 0 Å². The molecule has 96 valence electrons. The zero-order valence-electron chi connectivity index (χ0n) is 10.9. The van der Waals surface area contributed by atoms with E-state index in [2.05, 4.69) is 5.32 Å². The zero-order chi connectivity index (χ0) is 13.0. The minimum Gasteiger partial charge on any atom is -0.497 e. The van der Waals surface area contributed by atoms with Crippen LogP contribution < -0.4 is 10.1 Å². The molecule has 0 radical (unpaired) electrons. The topological polar surface area (TPSA) is 38.3 Å². The molecule has 1 aromatic rings. The van der Waals surface area contributed by atoms with E-state index in [0.29, 0.717) is 0 Å². The van der Waals surface area contributed by atoms with Gasteiger partial charge < -0.3 is 10.1 Å². The van der Waals surface area contributed by atoms with Gasteiger partial charge in [0.25, 0.3) is 0 Å². The van der Waals surface area contributed by atoms with E-state index in [9.17, 15) is 4.79 Å². The minimum absolute atomic E-state index is 0.164. The van der Waals surface area contributed by atoms with Crippen molar-refractivity contribution >= 4 is 11.5 Å². The van der Waals surface area contributed by atoms with Crippen molar-refractivity contribution in [3.8, 4) is 5.75 Å². The average Bonchev–Trinajstić information content (AvgIpc) is 2.41. The molecule has 0 saturated heterocycles. The normalized spacial score (nSPS) is 22.0. The minimum atomic E-state index is 0.164. The maximum atomic E-state index is 11.9. The Morgan fingerprint density at radius 2 is 2.28 bits per heavy atom. The molecule has 2 rings (SSSR count). The first-order valence-corrected chi connectivity index (χ1v) is 6.34. The van der Waals surface area contributed by atoms with Crippen molar-refractivity contribution in [3.05, 3.63) is 36.0 Å². The second-order valence-electron chi connectivity index (χ2n) is 4.70. The van der Waals surface area contributed by atoms with E-state index in [-0.39, 0.29) is 11.7 Å². The Kier molecular flexibility index (Phi) is 4.03. The quantitative estimate of drug-likeness (QED) is 0.830. The van der Waals surface area contributed by atoms with Gasteiger partial charge in [-0.05, 0) is 31.4 Å². The predicted molar refractivity (Wildman–Crippen MR) is 72.7 cm³/mol. The van der Waals surface area contributed by atoms with Gasteiger partial charge in [0.1, 0.15) is 5.75 Å². The maximum absolute atomic E-state index is 11.9. The summed E-state index contributed by atoms with van der Waals surface area (Å²) in [7, 11) is 1.64. The van der Waals surface area contributed by atoms with Crippen LogP contribution >= 0.6 is 0 Å². The van der Waals surface area contributed by atoms with Crippen LogP contribution in [0.2, 0.25) is 0 Å². The van der Waals surface area contributed by atoms with E-state index in [1.54, 1.807) is 7.11 Å². The van der Waals surface area contributed by atoms with Crippen molar-refractivity contribution in [1.82, 2.24) is 0 Å². The van der Waals surface area contributed by atoms with Gasteiger partial charge in [0.05, 0.1) is 7.11 Å². The lowest BCUT2D eigenvalue weighted by Gasteiger charge is -2.19. The summed E-state index contributed by atoms with van der Waals surface area (Å²) in [5.41, 5.74) is 1.84. The molecule has 0 bridgehead atoms. The van der Waals surface area contributed by atoms with Gasteiger partial charge in [0.15, 0.2) is 5.78 Å². The SMILES string of the molecule is COc1cccc(N/C=C2\CCC[C@@H](C)C2=O)c1. The molecule has 3 nitrogen and oxygen atoms in total. The van der Waals surface area contributed by atoms with Crippen LogP contribution in [0.3, 0.4) is 0 Å². The van der Waals surface area contributed by atoms with Crippen LogP contribution in [0.5, 0.6) is 5.75 Å². The van der Waals surface area contributed by atoms with Gasteiger partial charge in [-0.15, -0.1) is 0 Å². The highest BCUT2D eigenvalue weighted by atomic mass is 16.5. The zero-order valence-corrected chi connectivity index (χ0v) is 10.9. The summed E-state index contributed by atoms with van der Waals surface area (Å²) in [4.78, 5) is 11.9. The van der Waals surface area contributed by atoms with Crippen molar-refractivity contribution in [1.29, 1.82) is 0 Å². The Hall–Kier alpha value is -1.77. The molecule has 0 aliphatic heterocycles. The number of ketones is 1. The Morgan fingerprint density at radius 3 is 3.06 bits per heavy atom. The molecular weight excluding hydrogens is 226 g/mol. The first-order chi connectivity index (χ1) is 8.70. The van der Waals surface area contributed by atoms with E-state index in [0.717, 1.165) is 36.3 Å². The molecule has 0 amide bonds. The number of carbonyl (C=O) groups excluding carboxylic acids is 1. The number of hydrogen-bond acceptors (Lipinski definition) is 3. The lowest BCUT2D eigenvalue weighted by Crippen LogP contribution is -2.19. The highest BCUT2D eigenvalue weighted by Gasteiger charge is 2.22. The first-order valence-electron chi connectivity index (χ1n) is 6.34.